The van der Waals surface area contributed by atoms with E-state index in [1.807, 2.05) is 18.2 Å². The number of hydrogen-bond acceptors (Lipinski definition) is 2. The van der Waals surface area contributed by atoms with Gasteiger partial charge >= 0.3 is 5.91 Å². The van der Waals surface area contributed by atoms with Crippen LogP contribution in [0.15, 0.2) is 18.2 Å². The zero-order valence-electron chi connectivity index (χ0n) is 13.6. The van der Waals surface area contributed by atoms with Gasteiger partial charge in [0.25, 0.3) is 0 Å². The highest BCUT2D eigenvalue weighted by atomic mass is 35.5. The van der Waals surface area contributed by atoms with Gasteiger partial charge < -0.3 is 4.74 Å². The van der Waals surface area contributed by atoms with Gasteiger partial charge in [0.2, 0.25) is 6.73 Å². The van der Waals surface area contributed by atoms with E-state index in [1.54, 1.807) is 0 Å². The number of halogens is 1. The summed E-state index contributed by atoms with van der Waals surface area (Å²) in [4.78, 5) is 12.2. The maximum Gasteiger partial charge on any atom is 0.335 e. The van der Waals surface area contributed by atoms with Crippen LogP contribution >= 0.6 is 11.8 Å². The average molecular weight is 313 g/mol. The fourth-order valence-electron chi connectivity index (χ4n) is 2.42. The molecule has 1 aromatic rings. The van der Waals surface area contributed by atoms with E-state index in [0.717, 1.165) is 42.5 Å². The number of nitrogens with zero attached hydrogens (tertiary/aromatic N) is 1. The van der Waals surface area contributed by atoms with Gasteiger partial charge in [-0.2, -0.15) is 0 Å². The molecule has 0 aromatic heterocycles. The molecule has 0 aliphatic carbocycles. The molecule has 4 heteroatoms. The monoisotopic (exact) mass is 312 g/mol. The van der Waals surface area contributed by atoms with Crippen LogP contribution in [0.5, 0.6) is 0 Å². The first-order chi connectivity index (χ1) is 10.0. The Balaban J connectivity index is 3.18. The largest absolute Gasteiger partial charge is 0.335 e. The van der Waals surface area contributed by atoms with Crippen LogP contribution in [-0.4, -0.2) is 19.2 Å². The lowest BCUT2D eigenvalue weighted by Gasteiger charge is -2.28. The van der Waals surface area contributed by atoms with Crippen LogP contribution < -0.4 is 4.00 Å². The average Bonchev–Trinajstić information content (AvgIpc) is 2.50. The first-order valence-electron chi connectivity index (χ1n) is 7.79. The number of carbonyl (C=O) groups excluding carboxylic acids is 1. The number of aryl methyl sites for hydroxylation is 2. The van der Waals surface area contributed by atoms with E-state index in [2.05, 4.69) is 20.8 Å². The van der Waals surface area contributed by atoms with Crippen LogP contribution in [0, 0.1) is 0 Å². The molecule has 3 nitrogen and oxygen atoms in total. The van der Waals surface area contributed by atoms with Gasteiger partial charge in [0.1, 0.15) is 0 Å². The van der Waals surface area contributed by atoms with E-state index < -0.39 is 0 Å². The molecule has 21 heavy (non-hydrogen) atoms. The molecule has 0 bridgehead atoms. The summed E-state index contributed by atoms with van der Waals surface area (Å²) in [6.07, 6.45) is 3.73. The van der Waals surface area contributed by atoms with Crippen LogP contribution in [-0.2, 0) is 22.4 Å². The molecule has 1 rings (SSSR count). The Bertz CT molecular complexity index is 454. The third kappa shape index (κ3) is 4.29. The third-order valence-corrected chi connectivity index (χ3v) is 4.23. The molecule has 1 aromatic carbocycles. The maximum atomic E-state index is 12.2. The number of unbranched alkanes of at least 4 members (excludes halogenated alkanes) is 1. The van der Waals surface area contributed by atoms with Crippen LogP contribution in [0.2, 0.25) is 0 Å². The molecular formula is C17H27ClNO2+. The van der Waals surface area contributed by atoms with Gasteiger partial charge in [-0.15, -0.1) is 4.00 Å². The lowest BCUT2D eigenvalue weighted by molar-refractivity contribution is -0.127. The topological polar surface area (TPSA) is 26.3 Å². The van der Waals surface area contributed by atoms with Crippen molar-refractivity contribution in [1.82, 2.24) is 4.00 Å². The van der Waals surface area contributed by atoms with E-state index in [-0.39, 0.29) is 16.6 Å². The van der Waals surface area contributed by atoms with Crippen LogP contribution in [0.3, 0.4) is 0 Å². The van der Waals surface area contributed by atoms with Crippen molar-refractivity contribution >= 4 is 23.4 Å². The summed E-state index contributed by atoms with van der Waals surface area (Å²) in [5.41, 5.74) is 3.12. The van der Waals surface area contributed by atoms with Gasteiger partial charge in [0.15, 0.2) is 17.5 Å². The highest BCUT2D eigenvalue weighted by Gasteiger charge is 2.39. The maximum absolute atomic E-state index is 12.2. The van der Waals surface area contributed by atoms with Gasteiger partial charge in [-0.3, -0.25) is 0 Å². The van der Waals surface area contributed by atoms with Crippen molar-refractivity contribution in [3.63, 3.8) is 0 Å². The van der Waals surface area contributed by atoms with Crippen molar-refractivity contribution in [2.24, 2.45) is 0 Å². The van der Waals surface area contributed by atoms with E-state index >= 15 is 0 Å². The second-order valence-electron chi connectivity index (χ2n) is 5.26. The molecule has 0 fully saturated rings. The van der Waals surface area contributed by atoms with Gasteiger partial charge in [-0.25, -0.2) is 4.79 Å². The summed E-state index contributed by atoms with van der Waals surface area (Å²) in [6.45, 7) is 8.61. The predicted octanol–water partition coefficient (Wildman–Crippen LogP) is 4.59. The lowest BCUT2D eigenvalue weighted by atomic mass is 10.0. The van der Waals surface area contributed by atoms with Gasteiger partial charge in [-0.05, 0) is 19.3 Å². The van der Waals surface area contributed by atoms with Crippen molar-refractivity contribution < 1.29 is 9.53 Å². The van der Waals surface area contributed by atoms with Crippen LogP contribution in [0.1, 0.15) is 51.7 Å². The zero-order chi connectivity index (χ0) is 15.9. The van der Waals surface area contributed by atoms with Crippen molar-refractivity contribution in [2.45, 2.75) is 53.4 Å². The number of carbonyl (C=O) groups is 1. The smallest absolute Gasteiger partial charge is 0.329 e. The second kappa shape index (κ2) is 8.52. The van der Waals surface area contributed by atoms with Crippen molar-refractivity contribution in [2.75, 3.05) is 13.3 Å². The molecule has 0 saturated heterocycles. The lowest BCUT2D eigenvalue weighted by Crippen LogP contribution is -2.46. The molecule has 118 valence electrons. The number of ether oxygens (including phenoxy) is 1. The number of rotatable bonds is 8. The van der Waals surface area contributed by atoms with Gasteiger partial charge in [0, 0.05) is 11.1 Å². The third-order valence-electron chi connectivity index (χ3n) is 3.73. The highest BCUT2D eigenvalue weighted by Crippen LogP contribution is 2.35. The summed E-state index contributed by atoms with van der Waals surface area (Å²) < 4.78 is 5.38. The first kappa shape index (κ1) is 18.1. The molecule has 0 aliphatic heterocycles. The van der Waals surface area contributed by atoms with Crippen molar-refractivity contribution in [1.29, 1.82) is 0 Å². The molecular weight excluding hydrogens is 286 g/mol. The van der Waals surface area contributed by atoms with Crippen molar-refractivity contribution in [3.8, 4) is 0 Å². The molecule has 0 N–H and O–H groups in total. The van der Waals surface area contributed by atoms with Gasteiger partial charge in [0.05, 0.1) is 13.5 Å². The Kier molecular flexibility index (Phi) is 7.36. The van der Waals surface area contributed by atoms with Gasteiger partial charge in [-0.1, -0.05) is 45.4 Å². The van der Waals surface area contributed by atoms with Crippen molar-refractivity contribution in [3.05, 3.63) is 29.3 Å². The number of hydrogen-bond donors (Lipinski definition) is 0. The molecule has 1 unspecified atom stereocenters. The molecule has 0 saturated carbocycles. The second-order valence-corrected chi connectivity index (χ2v) is 5.84. The SMILES string of the molecule is CCCCOC[N+](Cl)(C(C)=O)c1c(CC)cccc1CC. The Hall–Kier alpha value is -0.900. The van der Waals surface area contributed by atoms with E-state index in [4.69, 9.17) is 16.5 Å². The number of benzene rings is 1. The summed E-state index contributed by atoms with van der Waals surface area (Å²) in [5.74, 6) is -0.108. The fourth-order valence-corrected chi connectivity index (χ4v) is 2.71. The summed E-state index contributed by atoms with van der Waals surface area (Å²) >= 11 is 6.71. The minimum absolute atomic E-state index is 0.108. The molecule has 1 amide bonds. The number of amides is 1. The standard InChI is InChI=1S/C17H27ClNO2/c1-5-8-12-21-13-19(18,14(4)20)17-15(6-2)10-9-11-16(17)7-3/h9-11H,5-8,12-13H2,1-4H3/q+1. The van der Waals surface area contributed by atoms with Crippen LogP contribution in [0.25, 0.3) is 0 Å². The Morgan fingerprint density at radius 1 is 1.19 bits per heavy atom. The molecule has 0 spiro atoms. The predicted molar refractivity (Wildman–Crippen MR) is 89.3 cm³/mol. The molecule has 0 radical (unpaired) electrons. The summed E-state index contributed by atoms with van der Waals surface area (Å²) in [5, 5.41) is 0. The summed E-state index contributed by atoms with van der Waals surface area (Å²) in [6, 6.07) is 6.11. The first-order valence-corrected chi connectivity index (χ1v) is 8.12. The normalized spacial score (nSPS) is 14.0. The number of quaternary nitrogens is 1. The fraction of sp³-hybridized carbons (Fsp3) is 0.588. The minimum atomic E-state index is -0.295. The Morgan fingerprint density at radius 3 is 2.19 bits per heavy atom. The van der Waals surface area contributed by atoms with E-state index in [9.17, 15) is 4.79 Å². The molecule has 0 aliphatic rings. The molecule has 0 heterocycles. The quantitative estimate of drug-likeness (QED) is 0.398. The van der Waals surface area contributed by atoms with Crippen LogP contribution in [0.4, 0.5) is 5.69 Å². The Morgan fingerprint density at radius 2 is 1.76 bits per heavy atom. The van der Waals surface area contributed by atoms with E-state index in [1.165, 1.54) is 6.92 Å². The summed E-state index contributed by atoms with van der Waals surface area (Å²) in [7, 11) is 0. The number of para-hydroxylation sites is 1. The Labute approximate surface area is 133 Å². The highest BCUT2D eigenvalue weighted by molar-refractivity contribution is 6.31. The zero-order valence-corrected chi connectivity index (χ0v) is 14.4. The molecule has 1 atom stereocenters. The van der Waals surface area contributed by atoms with E-state index in [0.29, 0.717) is 6.61 Å². The minimum Gasteiger partial charge on any atom is -0.329 e.